The minimum absolute atomic E-state index is 0.176. The van der Waals surface area contributed by atoms with Gasteiger partial charge in [0.25, 0.3) is 0 Å². The number of hydrogen-bond acceptors (Lipinski definition) is 4. The predicted octanol–water partition coefficient (Wildman–Crippen LogP) is 2.81. The number of rotatable bonds is 5. The molecule has 4 nitrogen and oxygen atoms in total. The van der Waals surface area contributed by atoms with Crippen molar-refractivity contribution in [3.63, 3.8) is 0 Å². The molecule has 1 rings (SSSR count). The molecule has 0 bridgehead atoms. The third-order valence-electron chi connectivity index (χ3n) is 3.23. The molecule has 1 atom stereocenters. The first-order chi connectivity index (χ1) is 9.08. The fourth-order valence-corrected chi connectivity index (χ4v) is 1.89. The summed E-state index contributed by atoms with van der Waals surface area (Å²) in [5.74, 6) is -0.176. The van der Waals surface area contributed by atoms with Gasteiger partial charge in [0.05, 0.1) is 12.7 Å². The second kappa shape index (κ2) is 11.0. The fraction of sp³-hybridized carbons (Fsp3) is 0.800. The minimum Gasteiger partial charge on any atom is -0.463 e. The average molecular weight is 271 g/mol. The highest BCUT2D eigenvalue weighted by Crippen LogP contribution is 2.17. The van der Waals surface area contributed by atoms with E-state index in [9.17, 15) is 4.79 Å². The van der Waals surface area contributed by atoms with Crippen LogP contribution >= 0.6 is 0 Å². The largest absolute Gasteiger partial charge is 0.463 e. The van der Waals surface area contributed by atoms with Gasteiger partial charge in [-0.25, -0.2) is 4.79 Å². The quantitative estimate of drug-likeness (QED) is 0.781. The Labute approximate surface area is 117 Å². The van der Waals surface area contributed by atoms with Gasteiger partial charge >= 0.3 is 5.97 Å². The first kappa shape index (κ1) is 18.1. The SMILES string of the molecule is CCC(CC)OC.CCOC(=O)C1=CCC(N)CC1. The summed E-state index contributed by atoms with van der Waals surface area (Å²) < 4.78 is 9.92. The molecule has 1 aliphatic carbocycles. The van der Waals surface area contributed by atoms with Crippen LogP contribution in [-0.4, -0.2) is 31.8 Å². The van der Waals surface area contributed by atoms with Crippen molar-refractivity contribution in [3.8, 4) is 0 Å². The molecule has 112 valence electrons. The van der Waals surface area contributed by atoms with E-state index in [0.717, 1.165) is 37.7 Å². The van der Waals surface area contributed by atoms with Crippen molar-refractivity contribution in [1.29, 1.82) is 0 Å². The Bertz CT molecular complexity index is 267. The van der Waals surface area contributed by atoms with E-state index in [2.05, 4.69) is 13.8 Å². The monoisotopic (exact) mass is 271 g/mol. The zero-order valence-corrected chi connectivity index (χ0v) is 12.8. The number of nitrogens with two attached hydrogens (primary N) is 1. The molecule has 1 unspecified atom stereocenters. The van der Waals surface area contributed by atoms with Crippen LogP contribution in [0.5, 0.6) is 0 Å². The third-order valence-corrected chi connectivity index (χ3v) is 3.23. The molecule has 1 aliphatic rings. The van der Waals surface area contributed by atoms with Gasteiger partial charge in [-0.1, -0.05) is 19.9 Å². The van der Waals surface area contributed by atoms with E-state index in [-0.39, 0.29) is 12.0 Å². The Morgan fingerprint density at radius 3 is 2.37 bits per heavy atom. The topological polar surface area (TPSA) is 61.5 Å². The van der Waals surface area contributed by atoms with Gasteiger partial charge in [0.1, 0.15) is 0 Å². The van der Waals surface area contributed by atoms with E-state index in [4.69, 9.17) is 15.2 Å². The number of carbonyl (C=O) groups is 1. The molecule has 0 aliphatic heterocycles. The lowest BCUT2D eigenvalue weighted by molar-refractivity contribution is -0.138. The molecule has 19 heavy (non-hydrogen) atoms. The lowest BCUT2D eigenvalue weighted by atomic mass is 9.96. The fourth-order valence-electron chi connectivity index (χ4n) is 1.89. The average Bonchev–Trinajstić information content (AvgIpc) is 2.42. The normalized spacial score (nSPS) is 18.4. The van der Waals surface area contributed by atoms with Gasteiger partial charge < -0.3 is 15.2 Å². The number of carbonyl (C=O) groups excluding carboxylic acids is 1. The first-order valence-corrected chi connectivity index (χ1v) is 7.23. The van der Waals surface area contributed by atoms with Crippen LogP contribution in [0, 0.1) is 0 Å². The molecule has 0 aromatic carbocycles. The van der Waals surface area contributed by atoms with Crippen LogP contribution in [0.2, 0.25) is 0 Å². The molecule has 0 spiro atoms. The summed E-state index contributed by atoms with van der Waals surface area (Å²) >= 11 is 0. The van der Waals surface area contributed by atoms with Crippen molar-refractivity contribution in [2.75, 3.05) is 13.7 Å². The van der Waals surface area contributed by atoms with Crippen LogP contribution in [0.4, 0.5) is 0 Å². The minimum atomic E-state index is -0.176. The number of ether oxygens (including phenoxy) is 2. The predicted molar refractivity (Wildman–Crippen MR) is 77.9 cm³/mol. The Hall–Kier alpha value is -0.870. The molecule has 0 aromatic rings. The molecular formula is C15H29NO3. The van der Waals surface area contributed by atoms with Crippen molar-refractivity contribution >= 4 is 5.97 Å². The number of hydrogen-bond donors (Lipinski definition) is 1. The van der Waals surface area contributed by atoms with E-state index in [1.165, 1.54) is 0 Å². The van der Waals surface area contributed by atoms with Crippen molar-refractivity contribution < 1.29 is 14.3 Å². The zero-order chi connectivity index (χ0) is 14.7. The summed E-state index contributed by atoms with van der Waals surface area (Å²) in [4.78, 5) is 11.2. The Kier molecular flexibility index (Phi) is 10.5. The summed E-state index contributed by atoms with van der Waals surface area (Å²) in [7, 11) is 1.76. The lowest BCUT2D eigenvalue weighted by Gasteiger charge is -2.16. The summed E-state index contributed by atoms with van der Waals surface area (Å²) in [6, 6.07) is 0.225. The second-order valence-electron chi connectivity index (χ2n) is 4.66. The van der Waals surface area contributed by atoms with Gasteiger partial charge in [0.2, 0.25) is 0 Å². The van der Waals surface area contributed by atoms with Crippen LogP contribution in [0.15, 0.2) is 11.6 Å². The van der Waals surface area contributed by atoms with Crippen LogP contribution in [0.25, 0.3) is 0 Å². The van der Waals surface area contributed by atoms with E-state index in [1.54, 1.807) is 7.11 Å². The van der Waals surface area contributed by atoms with Gasteiger partial charge in [0, 0.05) is 18.7 Å². The molecule has 2 N–H and O–H groups in total. The lowest BCUT2D eigenvalue weighted by Crippen LogP contribution is -2.24. The Morgan fingerprint density at radius 2 is 2.05 bits per heavy atom. The molecule has 0 heterocycles. The van der Waals surface area contributed by atoms with Crippen molar-refractivity contribution in [2.24, 2.45) is 5.73 Å². The maximum atomic E-state index is 11.2. The summed E-state index contributed by atoms with van der Waals surface area (Å²) in [6.07, 6.45) is 7.10. The second-order valence-corrected chi connectivity index (χ2v) is 4.66. The summed E-state index contributed by atoms with van der Waals surface area (Å²) in [5.41, 5.74) is 6.46. The van der Waals surface area contributed by atoms with Gasteiger partial charge in [-0.3, -0.25) is 0 Å². The smallest absolute Gasteiger partial charge is 0.333 e. The van der Waals surface area contributed by atoms with E-state index >= 15 is 0 Å². The van der Waals surface area contributed by atoms with E-state index in [1.807, 2.05) is 13.0 Å². The molecule has 0 saturated heterocycles. The Morgan fingerprint density at radius 1 is 1.42 bits per heavy atom. The maximum absolute atomic E-state index is 11.2. The third kappa shape index (κ3) is 8.01. The highest BCUT2D eigenvalue weighted by molar-refractivity contribution is 5.88. The van der Waals surface area contributed by atoms with Gasteiger partial charge in [-0.05, 0) is 39.0 Å². The molecule has 0 radical (unpaired) electrons. The molecule has 0 fully saturated rings. The van der Waals surface area contributed by atoms with Gasteiger partial charge in [0.15, 0.2) is 0 Å². The molecule has 0 amide bonds. The Balaban J connectivity index is 0.000000399. The molecule has 0 saturated carbocycles. The van der Waals surface area contributed by atoms with E-state index < -0.39 is 0 Å². The number of methoxy groups -OCH3 is 1. The standard InChI is InChI=1S/C9H15NO2.C6H14O/c1-2-12-9(11)7-3-5-8(10)6-4-7;1-4-6(5-2)7-3/h3,8H,2,4-6,10H2,1H3;6H,4-5H2,1-3H3. The maximum Gasteiger partial charge on any atom is 0.333 e. The van der Waals surface area contributed by atoms with Gasteiger partial charge in [-0.2, -0.15) is 0 Å². The van der Waals surface area contributed by atoms with E-state index in [0.29, 0.717) is 12.7 Å². The molecule has 0 aromatic heterocycles. The van der Waals surface area contributed by atoms with Crippen LogP contribution < -0.4 is 5.73 Å². The van der Waals surface area contributed by atoms with Crippen molar-refractivity contribution in [3.05, 3.63) is 11.6 Å². The van der Waals surface area contributed by atoms with Crippen LogP contribution in [0.1, 0.15) is 52.9 Å². The van der Waals surface area contributed by atoms with Crippen LogP contribution in [0.3, 0.4) is 0 Å². The molecular weight excluding hydrogens is 242 g/mol. The summed E-state index contributed by atoms with van der Waals surface area (Å²) in [5, 5.41) is 0. The van der Waals surface area contributed by atoms with Crippen LogP contribution in [-0.2, 0) is 14.3 Å². The van der Waals surface area contributed by atoms with Gasteiger partial charge in [-0.15, -0.1) is 0 Å². The zero-order valence-electron chi connectivity index (χ0n) is 12.8. The van der Waals surface area contributed by atoms with Crippen molar-refractivity contribution in [2.45, 2.75) is 65.0 Å². The first-order valence-electron chi connectivity index (χ1n) is 7.23. The molecule has 4 heteroatoms. The highest BCUT2D eigenvalue weighted by Gasteiger charge is 2.16. The van der Waals surface area contributed by atoms with Crippen molar-refractivity contribution in [1.82, 2.24) is 0 Å². The number of esters is 1. The highest BCUT2D eigenvalue weighted by atomic mass is 16.5. The summed E-state index contributed by atoms with van der Waals surface area (Å²) in [6.45, 7) is 6.53.